The molecule has 19 heavy (non-hydrogen) atoms. The van der Waals surface area contributed by atoms with Crippen molar-refractivity contribution in [2.75, 3.05) is 19.6 Å². The van der Waals surface area contributed by atoms with Crippen LogP contribution >= 0.6 is 0 Å². The van der Waals surface area contributed by atoms with Crippen molar-refractivity contribution < 1.29 is 4.79 Å². The quantitative estimate of drug-likeness (QED) is 0.901. The lowest BCUT2D eigenvalue weighted by Crippen LogP contribution is -2.43. The summed E-state index contributed by atoms with van der Waals surface area (Å²) in [6.45, 7) is 6.37. The van der Waals surface area contributed by atoms with Gasteiger partial charge in [-0.3, -0.25) is 4.79 Å². The Bertz CT molecular complexity index is 394. The third-order valence-corrected chi connectivity index (χ3v) is 3.78. The number of hydrogen-bond acceptors (Lipinski definition) is 2. The topological polar surface area (TPSA) is 32.3 Å². The molecule has 0 aliphatic carbocycles. The molecule has 0 spiro atoms. The molecule has 1 amide bonds. The summed E-state index contributed by atoms with van der Waals surface area (Å²) in [5.74, 6) is 0.850. The predicted octanol–water partition coefficient (Wildman–Crippen LogP) is 2.39. The maximum atomic E-state index is 12.0. The second-order valence-electron chi connectivity index (χ2n) is 5.60. The molecular formula is C16H24N2O. The molecule has 1 aliphatic heterocycles. The fourth-order valence-electron chi connectivity index (χ4n) is 2.59. The van der Waals surface area contributed by atoms with E-state index in [0.717, 1.165) is 25.9 Å². The molecular weight excluding hydrogens is 236 g/mol. The Balaban J connectivity index is 1.81. The predicted molar refractivity (Wildman–Crippen MR) is 78.1 cm³/mol. The third kappa shape index (κ3) is 4.06. The van der Waals surface area contributed by atoms with Crippen molar-refractivity contribution in [3.05, 3.63) is 35.9 Å². The number of amides is 1. The Kier molecular flexibility index (Phi) is 4.97. The Hall–Kier alpha value is -1.35. The Morgan fingerprint density at radius 2 is 1.89 bits per heavy atom. The minimum Gasteiger partial charge on any atom is -0.342 e. The lowest BCUT2D eigenvalue weighted by atomic mass is 9.89. The summed E-state index contributed by atoms with van der Waals surface area (Å²) in [5.41, 5.74) is 1.41. The summed E-state index contributed by atoms with van der Waals surface area (Å²) in [5, 5.41) is 3.19. The Morgan fingerprint density at radius 1 is 1.26 bits per heavy atom. The lowest BCUT2D eigenvalue weighted by Gasteiger charge is -2.32. The van der Waals surface area contributed by atoms with Gasteiger partial charge in [-0.05, 0) is 24.3 Å². The van der Waals surface area contributed by atoms with Gasteiger partial charge in [-0.1, -0.05) is 44.2 Å². The van der Waals surface area contributed by atoms with Crippen molar-refractivity contribution in [1.82, 2.24) is 10.2 Å². The van der Waals surface area contributed by atoms with Gasteiger partial charge >= 0.3 is 0 Å². The Morgan fingerprint density at radius 3 is 2.47 bits per heavy atom. The van der Waals surface area contributed by atoms with Gasteiger partial charge in [0.05, 0.1) is 6.54 Å². The van der Waals surface area contributed by atoms with Crippen molar-refractivity contribution in [2.24, 2.45) is 0 Å². The molecule has 3 heteroatoms. The zero-order chi connectivity index (χ0) is 13.7. The highest BCUT2D eigenvalue weighted by Gasteiger charge is 2.23. The largest absolute Gasteiger partial charge is 0.342 e. The van der Waals surface area contributed by atoms with Crippen molar-refractivity contribution in [1.29, 1.82) is 0 Å². The molecule has 0 saturated carbocycles. The SMILES string of the molecule is CC(C)NCC(=O)N1CCC(c2ccccc2)CC1. The van der Waals surface area contributed by atoms with Gasteiger partial charge in [0.1, 0.15) is 0 Å². The van der Waals surface area contributed by atoms with Crippen molar-refractivity contribution >= 4 is 5.91 Å². The fraction of sp³-hybridized carbons (Fsp3) is 0.562. The molecule has 1 saturated heterocycles. The number of carbonyl (C=O) groups excluding carboxylic acids is 1. The van der Waals surface area contributed by atoms with Gasteiger partial charge in [-0.2, -0.15) is 0 Å². The van der Waals surface area contributed by atoms with E-state index in [1.165, 1.54) is 5.56 Å². The second kappa shape index (κ2) is 6.71. The average Bonchev–Trinajstić information content (AvgIpc) is 2.46. The Labute approximate surface area is 116 Å². The van der Waals surface area contributed by atoms with Crippen LogP contribution in [0.4, 0.5) is 0 Å². The zero-order valence-electron chi connectivity index (χ0n) is 11.9. The van der Waals surface area contributed by atoms with Gasteiger partial charge < -0.3 is 10.2 Å². The molecule has 0 unspecified atom stereocenters. The van der Waals surface area contributed by atoms with Crippen LogP contribution in [-0.2, 0) is 4.79 Å². The lowest BCUT2D eigenvalue weighted by molar-refractivity contribution is -0.131. The van der Waals surface area contributed by atoms with Crippen LogP contribution in [0, 0.1) is 0 Å². The molecule has 2 rings (SSSR count). The normalized spacial score (nSPS) is 16.9. The average molecular weight is 260 g/mol. The molecule has 1 aromatic rings. The van der Waals surface area contributed by atoms with Gasteiger partial charge in [0.15, 0.2) is 0 Å². The molecule has 1 N–H and O–H groups in total. The first-order chi connectivity index (χ1) is 9.16. The maximum Gasteiger partial charge on any atom is 0.236 e. The van der Waals surface area contributed by atoms with E-state index >= 15 is 0 Å². The van der Waals surface area contributed by atoms with Crippen LogP contribution in [0.15, 0.2) is 30.3 Å². The second-order valence-corrected chi connectivity index (χ2v) is 5.60. The standard InChI is InChI=1S/C16H24N2O/c1-13(2)17-12-16(19)18-10-8-15(9-11-18)14-6-4-3-5-7-14/h3-7,13,15,17H,8-12H2,1-2H3. The number of likely N-dealkylation sites (tertiary alicyclic amines) is 1. The van der Waals surface area contributed by atoms with E-state index in [4.69, 9.17) is 0 Å². The molecule has 1 fully saturated rings. The monoisotopic (exact) mass is 260 g/mol. The summed E-state index contributed by atoms with van der Waals surface area (Å²) in [4.78, 5) is 14.0. The van der Waals surface area contributed by atoms with Crippen LogP contribution in [0.3, 0.4) is 0 Å². The summed E-state index contributed by atoms with van der Waals surface area (Å²) in [6.07, 6.45) is 2.16. The first-order valence-electron chi connectivity index (χ1n) is 7.23. The highest BCUT2D eigenvalue weighted by atomic mass is 16.2. The van der Waals surface area contributed by atoms with E-state index < -0.39 is 0 Å². The van der Waals surface area contributed by atoms with E-state index in [0.29, 0.717) is 18.5 Å². The molecule has 0 atom stereocenters. The van der Waals surface area contributed by atoms with Crippen LogP contribution < -0.4 is 5.32 Å². The van der Waals surface area contributed by atoms with Gasteiger partial charge in [-0.25, -0.2) is 0 Å². The van der Waals surface area contributed by atoms with E-state index in [1.807, 2.05) is 4.90 Å². The summed E-state index contributed by atoms with van der Waals surface area (Å²) in [6, 6.07) is 11.0. The van der Waals surface area contributed by atoms with Gasteiger partial charge in [0.25, 0.3) is 0 Å². The minimum absolute atomic E-state index is 0.236. The first kappa shape index (κ1) is 14.1. The van der Waals surface area contributed by atoms with Crippen LogP contribution in [-0.4, -0.2) is 36.5 Å². The molecule has 0 radical (unpaired) electrons. The molecule has 1 aliphatic rings. The number of nitrogens with one attached hydrogen (secondary N) is 1. The highest BCUT2D eigenvalue weighted by molar-refractivity contribution is 5.78. The fourth-order valence-corrected chi connectivity index (χ4v) is 2.59. The van der Waals surface area contributed by atoms with Crippen LogP contribution in [0.25, 0.3) is 0 Å². The van der Waals surface area contributed by atoms with Gasteiger partial charge in [-0.15, -0.1) is 0 Å². The first-order valence-corrected chi connectivity index (χ1v) is 7.23. The molecule has 1 heterocycles. The molecule has 0 aromatic heterocycles. The number of hydrogen-bond donors (Lipinski definition) is 1. The van der Waals surface area contributed by atoms with Gasteiger partial charge in [0, 0.05) is 19.1 Å². The smallest absolute Gasteiger partial charge is 0.236 e. The maximum absolute atomic E-state index is 12.0. The van der Waals surface area contributed by atoms with Gasteiger partial charge in [0.2, 0.25) is 5.91 Å². The van der Waals surface area contributed by atoms with E-state index in [9.17, 15) is 4.79 Å². The van der Waals surface area contributed by atoms with E-state index in [1.54, 1.807) is 0 Å². The summed E-state index contributed by atoms with van der Waals surface area (Å²) < 4.78 is 0. The third-order valence-electron chi connectivity index (χ3n) is 3.78. The molecule has 1 aromatic carbocycles. The van der Waals surface area contributed by atoms with Crippen molar-refractivity contribution in [3.63, 3.8) is 0 Å². The van der Waals surface area contributed by atoms with Crippen LogP contribution in [0.2, 0.25) is 0 Å². The zero-order valence-corrected chi connectivity index (χ0v) is 11.9. The van der Waals surface area contributed by atoms with E-state index in [2.05, 4.69) is 49.5 Å². The van der Waals surface area contributed by atoms with Crippen molar-refractivity contribution in [2.45, 2.75) is 38.6 Å². The van der Waals surface area contributed by atoms with Crippen molar-refractivity contribution in [3.8, 4) is 0 Å². The number of piperidine rings is 1. The highest BCUT2D eigenvalue weighted by Crippen LogP contribution is 2.27. The molecule has 3 nitrogen and oxygen atoms in total. The van der Waals surface area contributed by atoms with Crippen LogP contribution in [0.1, 0.15) is 38.2 Å². The molecule has 104 valence electrons. The number of nitrogens with zero attached hydrogens (tertiary/aromatic N) is 1. The molecule has 0 bridgehead atoms. The minimum atomic E-state index is 0.236. The van der Waals surface area contributed by atoms with E-state index in [-0.39, 0.29) is 5.91 Å². The number of benzene rings is 1. The number of rotatable bonds is 4. The summed E-state index contributed by atoms with van der Waals surface area (Å²) >= 11 is 0. The summed E-state index contributed by atoms with van der Waals surface area (Å²) in [7, 11) is 0. The number of carbonyl (C=O) groups is 1. The van der Waals surface area contributed by atoms with Crippen LogP contribution in [0.5, 0.6) is 0 Å².